The van der Waals surface area contributed by atoms with E-state index < -0.39 is 5.91 Å². The molecule has 0 bridgehead atoms. The summed E-state index contributed by atoms with van der Waals surface area (Å²) >= 11 is 0. The predicted octanol–water partition coefficient (Wildman–Crippen LogP) is 2.63. The fraction of sp³-hybridized carbons (Fsp3) is 0.111. The zero-order valence-electron chi connectivity index (χ0n) is 13.3. The van der Waals surface area contributed by atoms with E-state index in [1.54, 1.807) is 31.5 Å². The van der Waals surface area contributed by atoms with Crippen LogP contribution in [-0.4, -0.2) is 26.6 Å². The van der Waals surface area contributed by atoms with E-state index in [1.807, 2.05) is 19.1 Å². The lowest BCUT2D eigenvalue weighted by Crippen LogP contribution is -2.05. The minimum Gasteiger partial charge on any atom is -0.366 e. The summed E-state index contributed by atoms with van der Waals surface area (Å²) in [4.78, 5) is 34.4. The highest BCUT2D eigenvalue weighted by atomic mass is 16.1. The van der Waals surface area contributed by atoms with Gasteiger partial charge < -0.3 is 10.7 Å². The van der Waals surface area contributed by atoms with Crippen molar-refractivity contribution >= 4 is 28.9 Å². The molecule has 3 N–H and O–H groups in total. The summed E-state index contributed by atoms with van der Waals surface area (Å²) in [5, 5.41) is 0. The summed E-state index contributed by atoms with van der Waals surface area (Å²) in [5.41, 5.74) is 10.3. The van der Waals surface area contributed by atoms with Gasteiger partial charge in [0.15, 0.2) is 11.4 Å². The Balaban J connectivity index is 2.07. The molecule has 3 aromatic rings. The molecule has 0 radical (unpaired) electrons. The van der Waals surface area contributed by atoms with Gasteiger partial charge in [0.2, 0.25) is 5.91 Å². The summed E-state index contributed by atoms with van der Waals surface area (Å²) in [6, 6.07) is 5.56. The van der Waals surface area contributed by atoms with Crippen LogP contribution in [0.3, 0.4) is 0 Å². The molecule has 1 amide bonds. The Bertz CT molecular complexity index is 986. The molecule has 6 heteroatoms. The molecule has 0 saturated heterocycles. The van der Waals surface area contributed by atoms with Crippen molar-refractivity contribution in [1.82, 2.24) is 15.0 Å². The van der Waals surface area contributed by atoms with E-state index in [1.165, 1.54) is 6.08 Å². The van der Waals surface area contributed by atoms with Crippen LogP contribution in [0.1, 0.15) is 28.4 Å². The van der Waals surface area contributed by atoms with E-state index in [4.69, 9.17) is 5.73 Å². The van der Waals surface area contributed by atoms with E-state index in [9.17, 15) is 9.59 Å². The Morgan fingerprint density at radius 1 is 1.29 bits per heavy atom. The topological polar surface area (TPSA) is 102 Å². The highest BCUT2D eigenvalue weighted by Gasteiger charge is 2.10. The zero-order chi connectivity index (χ0) is 17.3. The number of hydrogen-bond acceptors (Lipinski definition) is 4. The molecule has 0 aliphatic carbocycles. The maximum Gasteiger partial charge on any atom is 0.241 e. The number of aryl methyl sites for hydroxylation is 1. The van der Waals surface area contributed by atoms with E-state index in [0.29, 0.717) is 22.4 Å². The van der Waals surface area contributed by atoms with Crippen LogP contribution in [0.4, 0.5) is 0 Å². The van der Waals surface area contributed by atoms with Crippen molar-refractivity contribution in [3.05, 3.63) is 53.4 Å². The molecule has 0 aliphatic heterocycles. The van der Waals surface area contributed by atoms with Crippen LogP contribution in [0.25, 0.3) is 28.5 Å². The number of ketones is 1. The number of nitrogens with zero attached hydrogens (tertiary/aromatic N) is 2. The second kappa shape index (κ2) is 6.08. The molecule has 0 fully saturated rings. The number of carbonyl (C=O) groups excluding carboxylic acids is 2. The number of H-pyrrole nitrogens is 1. The molecule has 1 aromatic carbocycles. The molecule has 3 rings (SSSR count). The van der Waals surface area contributed by atoms with Gasteiger partial charge in [0.1, 0.15) is 5.52 Å². The van der Waals surface area contributed by atoms with Crippen molar-refractivity contribution in [2.24, 2.45) is 5.73 Å². The lowest BCUT2D eigenvalue weighted by Gasteiger charge is -2.06. The molecular weight excluding hydrogens is 304 g/mol. The van der Waals surface area contributed by atoms with Crippen molar-refractivity contribution in [2.75, 3.05) is 0 Å². The SMILES string of the molecule is CC(=O)c1ccc(-c2cnc3[nH]cc(/C=C/C(N)=O)c3n2)cc1C. The number of fused-ring (bicyclic) bond motifs is 1. The first-order valence-corrected chi connectivity index (χ1v) is 7.39. The number of aromatic amines is 1. The molecular formula is C18H16N4O2. The highest BCUT2D eigenvalue weighted by Crippen LogP contribution is 2.24. The summed E-state index contributed by atoms with van der Waals surface area (Å²) in [6.07, 6.45) is 6.27. The molecule has 0 atom stereocenters. The quantitative estimate of drug-likeness (QED) is 0.570. The number of rotatable bonds is 4. The van der Waals surface area contributed by atoms with Crippen LogP contribution < -0.4 is 5.73 Å². The Labute approximate surface area is 138 Å². The van der Waals surface area contributed by atoms with Crippen molar-refractivity contribution in [3.8, 4) is 11.3 Å². The summed E-state index contributed by atoms with van der Waals surface area (Å²) in [5.74, 6) is -0.492. The normalized spacial score (nSPS) is 11.2. The molecule has 6 nitrogen and oxygen atoms in total. The van der Waals surface area contributed by atoms with Gasteiger partial charge in [0, 0.05) is 29.0 Å². The van der Waals surface area contributed by atoms with Gasteiger partial charge in [0.25, 0.3) is 0 Å². The van der Waals surface area contributed by atoms with E-state index in [2.05, 4.69) is 15.0 Å². The van der Waals surface area contributed by atoms with Crippen LogP contribution in [0.15, 0.2) is 36.7 Å². The Morgan fingerprint density at radius 3 is 2.75 bits per heavy atom. The number of nitrogens with two attached hydrogens (primary N) is 1. The number of nitrogens with one attached hydrogen (secondary N) is 1. The molecule has 24 heavy (non-hydrogen) atoms. The number of primary amides is 1. The van der Waals surface area contributed by atoms with E-state index in [0.717, 1.165) is 16.7 Å². The first kappa shape index (κ1) is 15.6. The third kappa shape index (κ3) is 2.94. The third-order valence-corrected chi connectivity index (χ3v) is 3.74. The summed E-state index contributed by atoms with van der Waals surface area (Å²) < 4.78 is 0. The zero-order valence-corrected chi connectivity index (χ0v) is 13.3. The summed E-state index contributed by atoms with van der Waals surface area (Å²) in [7, 11) is 0. The fourth-order valence-corrected chi connectivity index (χ4v) is 2.57. The number of benzene rings is 1. The molecule has 0 unspecified atom stereocenters. The van der Waals surface area contributed by atoms with Gasteiger partial charge in [-0.25, -0.2) is 9.97 Å². The van der Waals surface area contributed by atoms with Gasteiger partial charge in [-0.3, -0.25) is 9.59 Å². The third-order valence-electron chi connectivity index (χ3n) is 3.74. The maximum atomic E-state index is 11.5. The molecule has 0 aliphatic rings. The predicted molar refractivity (Wildman–Crippen MR) is 92.3 cm³/mol. The van der Waals surface area contributed by atoms with Gasteiger partial charge in [-0.05, 0) is 31.6 Å². The number of amides is 1. The Hall–Kier alpha value is -3.28. The van der Waals surface area contributed by atoms with Gasteiger partial charge in [-0.15, -0.1) is 0 Å². The summed E-state index contributed by atoms with van der Waals surface area (Å²) in [6.45, 7) is 3.44. The number of hydrogen-bond donors (Lipinski definition) is 2. The van der Waals surface area contributed by atoms with Gasteiger partial charge in [0.05, 0.1) is 11.9 Å². The Morgan fingerprint density at radius 2 is 2.08 bits per heavy atom. The fourth-order valence-electron chi connectivity index (χ4n) is 2.57. The van der Waals surface area contributed by atoms with Crippen molar-refractivity contribution in [2.45, 2.75) is 13.8 Å². The van der Waals surface area contributed by atoms with Crippen LogP contribution in [0.2, 0.25) is 0 Å². The Kier molecular flexibility index (Phi) is 3.95. The smallest absolute Gasteiger partial charge is 0.241 e. The van der Waals surface area contributed by atoms with E-state index >= 15 is 0 Å². The molecule has 0 spiro atoms. The van der Waals surface area contributed by atoms with Crippen LogP contribution in [0, 0.1) is 6.92 Å². The number of aromatic nitrogens is 3. The molecule has 0 saturated carbocycles. The van der Waals surface area contributed by atoms with Crippen molar-refractivity contribution in [1.29, 1.82) is 0 Å². The van der Waals surface area contributed by atoms with Crippen LogP contribution >= 0.6 is 0 Å². The standard InChI is InChI=1S/C18H16N4O2/c1-10-7-12(3-5-14(10)11(2)23)15-9-21-18-17(22-15)13(8-20-18)4-6-16(19)24/h3-9H,1-2H3,(H2,19,24)(H,20,21)/b6-4+. The molecule has 120 valence electrons. The van der Waals surface area contributed by atoms with Crippen molar-refractivity contribution < 1.29 is 9.59 Å². The van der Waals surface area contributed by atoms with Gasteiger partial charge in [-0.2, -0.15) is 0 Å². The monoisotopic (exact) mass is 320 g/mol. The van der Waals surface area contributed by atoms with Crippen LogP contribution in [-0.2, 0) is 4.79 Å². The average molecular weight is 320 g/mol. The van der Waals surface area contributed by atoms with Gasteiger partial charge >= 0.3 is 0 Å². The lowest BCUT2D eigenvalue weighted by atomic mass is 10.0. The lowest BCUT2D eigenvalue weighted by molar-refractivity contribution is -0.113. The molecule has 2 aromatic heterocycles. The largest absolute Gasteiger partial charge is 0.366 e. The van der Waals surface area contributed by atoms with E-state index in [-0.39, 0.29) is 5.78 Å². The first-order valence-electron chi connectivity index (χ1n) is 7.39. The molecule has 2 heterocycles. The van der Waals surface area contributed by atoms with Crippen LogP contribution in [0.5, 0.6) is 0 Å². The maximum absolute atomic E-state index is 11.5. The number of carbonyl (C=O) groups is 2. The second-order valence-electron chi connectivity index (χ2n) is 5.52. The minimum atomic E-state index is -0.524. The first-order chi connectivity index (χ1) is 11.5. The number of Topliss-reactive ketones (excluding diaryl/α,β-unsaturated/α-hetero) is 1. The van der Waals surface area contributed by atoms with Gasteiger partial charge in [-0.1, -0.05) is 12.1 Å². The highest BCUT2D eigenvalue weighted by molar-refractivity contribution is 5.96. The minimum absolute atomic E-state index is 0.0325. The van der Waals surface area contributed by atoms with Crippen molar-refractivity contribution in [3.63, 3.8) is 0 Å². The average Bonchev–Trinajstić information content (AvgIpc) is 2.94. The second-order valence-corrected chi connectivity index (χ2v) is 5.52.